The fraction of sp³-hybridized carbons (Fsp3) is 0.250. The molecule has 0 amide bonds. The van der Waals surface area contributed by atoms with E-state index in [1.54, 1.807) is 0 Å². The minimum Gasteiger partial charge on any atom is -0.450 e. The molecule has 0 fully saturated rings. The van der Waals surface area contributed by atoms with E-state index in [9.17, 15) is 0 Å². The van der Waals surface area contributed by atoms with Crippen molar-refractivity contribution in [2.45, 2.75) is 26.2 Å². The molecule has 0 saturated carbocycles. The Morgan fingerprint density at radius 3 is 2.00 bits per heavy atom. The van der Waals surface area contributed by atoms with E-state index in [-0.39, 0.29) is 5.41 Å². The number of hydrogen-bond donors (Lipinski definition) is 0. The average Bonchev–Trinajstić information content (AvgIpc) is 2.34. The summed E-state index contributed by atoms with van der Waals surface area (Å²) in [5, 5.41) is 0. The van der Waals surface area contributed by atoms with Gasteiger partial charge >= 0.3 is 0 Å². The quantitative estimate of drug-likeness (QED) is 0.557. The second kappa shape index (κ2) is 3.77. The van der Waals surface area contributed by atoms with Gasteiger partial charge in [0.15, 0.2) is 23.0 Å². The molecule has 0 N–H and O–H groups in total. The monoisotopic (exact) mass is 240 g/mol. The summed E-state index contributed by atoms with van der Waals surface area (Å²) in [6.45, 7) is 6.52. The van der Waals surface area contributed by atoms with Crippen LogP contribution < -0.4 is 9.47 Å². The van der Waals surface area contributed by atoms with Crippen LogP contribution in [0.15, 0.2) is 42.5 Å². The Morgan fingerprint density at radius 2 is 1.33 bits per heavy atom. The molecule has 0 atom stereocenters. The lowest BCUT2D eigenvalue weighted by Gasteiger charge is -2.27. The van der Waals surface area contributed by atoms with Gasteiger partial charge in [0.25, 0.3) is 0 Å². The van der Waals surface area contributed by atoms with Gasteiger partial charge in [-0.25, -0.2) is 0 Å². The minimum atomic E-state index is 0.0288. The molecule has 2 aromatic carbocycles. The average molecular weight is 240 g/mol. The molecule has 0 saturated heterocycles. The van der Waals surface area contributed by atoms with Crippen LogP contribution in [0.1, 0.15) is 26.3 Å². The smallest absolute Gasteiger partial charge is 0.173 e. The van der Waals surface area contributed by atoms with Gasteiger partial charge in [-0.2, -0.15) is 0 Å². The van der Waals surface area contributed by atoms with Crippen molar-refractivity contribution in [1.82, 2.24) is 0 Å². The molecule has 1 aliphatic heterocycles. The van der Waals surface area contributed by atoms with Gasteiger partial charge in [-0.3, -0.25) is 0 Å². The Hall–Kier alpha value is -1.96. The third-order valence-electron chi connectivity index (χ3n) is 3.07. The van der Waals surface area contributed by atoms with Gasteiger partial charge in [0, 0.05) is 5.56 Å². The lowest BCUT2D eigenvalue weighted by molar-refractivity contribution is 0.349. The van der Waals surface area contributed by atoms with Crippen LogP contribution in [0, 0.1) is 0 Å². The fourth-order valence-electron chi connectivity index (χ4n) is 2.14. The molecule has 2 nitrogen and oxygen atoms in total. The maximum Gasteiger partial charge on any atom is 0.173 e. The van der Waals surface area contributed by atoms with E-state index >= 15 is 0 Å². The molecule has 1 heterocycles. The Morgan fingerprint density at radius 1 is 0.722 bits per heavy atom. The van der Waals surface area contributed by atoms with Crippen LogP contribution in [-0.2, 0) is 5.41 Å². The Labute approximate surface area is 107 Å². The molecule has 0 radical (unpaired) electrons. The van der Waals surface area contributed by atoms with E-state index in [1.807, 2.05) is 36.4 Å². The topological polar surface area (TPSA) is 18.5 Å². The number of fused-ring (bicyclic) bond motifs is 2. The number of ether oxygens (including phenoxy) is 2. The summed E-state index contributed by atoms with van der Waals surface area (Å²) in [5.74, 6) is 3.18. The predicted molar refractivity (Wildman–Crippen MR) is 71.7 cm³/mol. The standard InChI is InChI=1S/C16H16O2/c1-16(2,3)11-7-6-10-14-15(11)18-13-9-5-4-8-12(13)17-14/h4-10H,1-3H3. The zero-order chi connectivity index (χ0) is 12.8. The van der Waals surface area contributed by atoms with Crippen molar-refractivity contribution in [3.63, 3.8) is 0 Å². The summed E-state index contributed by atoms with van der Waals surface area (Å²) < 4.78 is 11.9. The molecule has 2 aromatic rings. The number of para-hydroxylation sites is 3. The third-order valence-corrected chi connectivity index (χ3v) is 3.07. The first-order valence-electron chi connectivity index (χ1n) is 6.14. The molecule has 0 bridgehead atoms. The van der Waals surface area contributed by atoms with E-state index < -0.39 is 0 Å². The number of hydrogen-bond acceptors (Lipinski definition) is 2. The van der Waals surface area contributed by atoms with Crippen molar-refractivity contribution < 1.29 is 9.47 Å². The van der Waals surface area contributed by atoms with Crippen molar-refractivity contribution >= 4 is 0 Å². The molecule has 0 aliphatic carbocycles. The molecule has 0 unspecified atom stereocenters. The maximum absolute atomic E-state index is 6.01. The second-order valence-electron chi connectivity index (χ2n) is 5.53. The Balaban J connectivity index is 2.14. The summed E-state index contributed by atoms with van der Waals surface area (Å²) in [4.78, 5) is 0. The van der Waals surface area contributed by atoms with E-state index in [0.29, 0.717) is 0 Å². The van der Waals surface area contributed by atoms with Crippen LogP contribution in [-0.4, -0.2) is 0 Å². The number of benzene rings is 2. The van der Waals surface area contributed by atoms with Gasteiger partial charge in [-0.1, -0.05) is 45.0 Å². The van der Waals surface area contributed by atoms with Crippen molar-refractivity contribution in [2.24, 2.45) is 0 Å². The first-order valence-corrected chi connectivity index (χ1v) is 6.14. The maximum atomic E-state index is 6.01. The molecule has 92 valence electrons. The van der Waals surface area contributed by atoms with Gasteiger partial charge in [-0.15, -0.1) is 0 Å². The van der Waals surface area contributed by atoms with Crippen LogP contribution in [0.2, 0.25) is 0 Å². The summed E-state index contributed by atoms with van der Waals surface area (Å²) in [7, 11) is 0. The van der Waals surface area contributed by atoms with Gasteiger partial charge in [0.2, 0.25) is 0 Å². The highest BCUT2D eigenvalue weighted by molar-refractivity contribution is 5.58. The van der Waals surface area contributed by atoms with Gasteiger partial charge in [0.1, 0.15) is 0 Å². The summed E-state index contributed by atoms with van der Waals surface area (Å²) in [5.41, 5.74) is 1.19. The third kappa shape index (κ3) is 1.74. The van der Waals surface area contributed by atoms with Crippen LogP contribution in [0.4, 0.5) is 0 Å². The minimum absolute atomic E-state index is 0.0288. The lowest BCUT2D eigenvalue weighted by Crippen LogP contribution is -2.14. The van der Waals surface area contributed by atoms with Crippen molar-refractivity contribution in [3.8, 4) is 23.0 Å². The molecule has 2 heteroatoms. The molecule has 0 spiro atoms. The van der Waals surface area contributed by atoms with Crippen LogP contribution in [0.25, 0.3) is 0 Å². The van der Waals surface area contributed by atoms with Crippen molar-refractivity contribution in [3.05, 3.63) is 48.0 Å². The molecular formula is C16H16O2. The molecular weight excluding hydrogens is 224 g/mol. The van der Waals surface area contributed by atoms with Crippen molar-refractivity contribution in [2.75, 3.05) is 0 Å². The van der Waals surface area contributed by atoms with Crippen molar-refractivity contribution in [1.29, 1.82) is 0 Å². The van der Waals surface area contributed by atoms with Crippen LogP contribution in [0.5, 0.6) is 23.0 Å². The highest BCUT2D eigenvalue weighted by atomic mass is 16.6. The first-order chi connectivity index (χ1) is 8.55. The highest BCUT2D eigenvalue weighted by Crippen LogP contribution is 2.48. The zero-order valence-corrected chi connectivity index (χ0v) is 10.9. The highest BCUT2D eigenvalue weighted by Gasteiger charge is 2.26. The Kier molecular flexibility index (Phi) is 2.34. The van der Waals surface area contributed by atoms with Crippen LogP contribution in [0.3, 0.4) is 0 Å². The fourth-order valence-corrected chi connectivity index (χ4v) is 2.14. The molecule has 0 aromatic heterocycles. The SMILES string of the molecule is CC(C)(C)c1cccc2c1Oc1ccccc1O2. The van der Waals surface area contributed by atoms with E-state index in [4.69, 9.17) is 9.47 Å². The van der Waals surface area contributed by atoms with E-state index in [1.165, 1.54) is 0 Å². The predicted octanol–water partition coefficient (Wildman–Crippen LogP) is 4.88. The molecule has 1 aliphatic rings. The second-order valence-corrected chi connectivity index (χ2v) is 5.53. The van der Waals surface area contributed by atoms with Gasteiger partial charge in [0.05, 0.1) is 0 Å². The largest absolute Gasteiger partial charge is 0.450 e. The van der Waals surface area contributed by atoms with Gasteiger partial charge in [-0.05, 0) is 23.6 Å². The molecule has 18 heavy (non-hydrogen) atoms. The summed E-state index contributed by atoms with van der Waals surface area (Å²) in [6, 6.07) is 13.8. The normalized spacial score (nSPS) is 13.1. The Bertz CT molecular complexity index is 594. The van der Waals surface area contributed by atoms with E-state index in [0.717, 1.165) is 28.6 Å². The zero-order valence-electron chi connectivity index (χ0n) is 10.9. The first kappa shape index (κ1) is 11.1. The summed E-state index contributed by atoms with van der Waals surface area (Å²) in [6.07, 6.45) is 0. The van der Waals surface area contributed by atoms with E-state index in [2.05, 4.69) is 26.8 Å². The molecule has 3 rings (SSSR count). The van der Waals surface area contributed by atoms with Gasteiger partial charge < -0.3 is 9.47 Å². The van der Waals surface area contributed by atoms with Crippen LogP contribution >= 0.6 is 0 Å². The summed E-state index contributed by atoms with van der Waals surface area (Å²) >= 11 is 0. The number of rotatable bonds is 0. The lowest BCUT2D eigenvalue weighted by atomic mass is 9.86.